The van der Waals surface area contributed by atoms with Gasteiger partial charge in [0, 0.05) is 18.2 Å². The van der Waals surface area contributed by atoms with E-state index in [0.717, 1.165) is 5.57 Å². The molecule has 2 rings (SSSR count). The summed E-state index contributed by atoms with van der Waals surface area (Å²) >= 11 is 0. The van der Waals surface area contributed by atoms with E-state index in [0.29, 0.717) is 18.7 Å². The third kappa shape index (κ3) is 3.06. The lowest BCUT2D eigenvalue weighted by molar-refractivity contribution is -0.134. The SMILES string of the molecule is CC(C)(C)C1=C=NC(C2CCC(=O)NC2=O)=NC=C1. The van der Waals surface area contributed by atoms with Crippen molar-refractivity contribution in [2.24, 2.45) is 21.3 Å². The summed E-state index contributed by atoms with van der Waals surface area (Å²) in [4.78, 5) is 31.3. The Hall–Kier alpha value is -2.00. The Morgan fingerprint density at radius 1 is 1.37 bits per heavy atom. The van der Waals surface area contributed by atoms with Crippen LogP contribution < -0.4 is 5.32 Å². The van der Waals surface area contributed by atoms with E-state index in [9.17, 15) is 9.59 Å². The number of nitrogens with zero attached hydrogens (tertiary/aromatic N) is 2. The standard InChI is InChI=1S/C14H17N3O2/c1-14(2,3)9-6-7-15-12(16-8-9)10-4-5-11(18)17-13(10)19/h6-7,10H,4-5H2,1-3H3,(H,17,18,19). The van der Waals surface area contributed by atoms with Gasteiger partial charge in [-0.05, 0) is 23.8 Å². The molecule has 0 bridgehead atoms. The molecule has 1 fully saturated rings. The van der Waals surface area contributed by atoms with Gasteiger partial charge in [0.15, 0.2) is 5.84 Å². The summed E-state index contributed by atoms with van der Waals surface area (Å²) < 4.78 is 0. The summed E-state index contributed by atoms with van der Waals surface area (Å²) in [5.41, 5.74) is 0.856. The van der Waals surface area contributed by atoms with Crippen molar-refractivity contribution in [3.8, 4) is 0 Å². The number of hydrogen-bond donors (Lipinski definition) is 1. The predicted molar refractivity (Wildman–Crippen MR) is 72.9 cm³/mol. The number of rotatable bonds is 1. The first-order valence-corrected chi connectivity index (χ1v) is 6.30. The Morgan fingerprint density at radius 2 is 2.11 bits per heavy atom. The number of carbonyl (C=O) groups excluding carboxylic acids is 2. The number of nitrogens with one attached hydrogen (secondary N) is 1. The fourth-order valence-electron chi connectivity index (χ4n) is 1.90. The van der Waals surface area contributed by atoms with Gasteiger partial charge in [-0.15, -0.1) is 0 Å². The van der Waals surface area contributed by atoms with E-state index in [4.69, 9.17) is 0 Å². The second-order valence-electron chi connectivity index (χ2n) is 5.69. The van der Waals surface area contributed by atoms with Crippen molar-refractivity contribution in [1.29, 1.82) is 0 Å². The predicted octanol–water partition coefficient (Wildman–Crippen LogP) is 1.61. The molecule has 100 valence electrons. The van der Waals surface area contributed by atoms with Crippen molar-refractivity contribution in [1.82, 2.24) is 5.32 Å². The summed E-state index contributed by atoms with van der Waals surface area (Å²) in [6.07, 6.45) is 4.27. The van der Waals surface area contributed by atoms with E-state index in [1.54, 1.807) is 6.20 Å². The molecule has 2 aliphatic rings. The first-order valence-electron chi connectivity index (χ1n) is 6.30. The number of allylic oxidation sites excluding steroid dienone is 2. The molecule has 1 unspecified atom stereocenters. The van der Waals surface area contributed by atoms with E-state index >= 15 is 0 Å². The Kier molecular flexibility index (Phi) is 3.49. The van der Waals surface area contributed by atoms with Gasteiger partial charge in [0.1, 0.15) is 0 Å². The van der Waals surface area contributed by atoms with Crippen molar-refractivity contribution in [3.63, 3.8) is 0 Å². The minimum absolute atomic E-state index is 0.0737. The van der Waals surface area contributed by atoms with Gasteiger partial charge in [-0.3, -0.25) is 14.9 Å². The van der Waals surface area contributed by atoms with E-state index in [1.807, 2.05) is 6.08 Å². The van der Waals surface area contributed by atoms with Crippen LogP contribution in [0.25, 0.3) is 0 Å². The van der Waals surface area contributed by atoms with Crippen LogP contribution in [0.15, 0.2) is 27.8 Å². The molecule has 0 saturated carbocycles. The van der Waals surface area contributed by atoms with Crippen LogP contribution in [0.5, 0.6) is 0 Å². The molecule has 5 heteroatoms. The maximum absolute atomic E-state index is 11.8. The summed E-state index contributed by atoms with van der Waals surface area (Å²) in [6, 6.07) is 0. The molecule has 0 aromatic carbocycles. The summed E-state index contributed by atoms with van der Waals surface area (Å²) in [7, 11) is 0. The first kappa shape index (κ1) is 13.4. The number of amides is 2. The zero-order valence-electron chi connectivity index (χ0n) is 11.4. The van der Waals surface area contributed by atoms with Gasteiger partial charge in [0.25, 0.3) is 0 Å². The first-order chi connectivity index (χ1) is 8.88. The van der Waals surface area contributed by atoms with E-state index in [-0.39, 0.29) is 17.2 Å². The van der Waals surface area contributed by atoms with E-state index in [1.165, 1.54) is 0 Å². The molecule has 2 aliphatic heterocycles. The van der Waals surface area contributed by atoms with Crippen LogP contribution in [0.2, 0.25) is 0 Å². The van der Waals surface area contributed by atoms with Crippen molar-refractivity contribution in [2.75, 3.05) is 0 Å². The summed E-state index contributed by atoms with van der Waals surface area (Å²) in [5, 5.41) is 2.31. The molecule has 0 spiro atoms. The molecule has 5 nitrogen and oxygen atoms in total. The van der Waals surface area contributed by atoms with Crippen molar-refractivity contribution in [2.45, 2.75) is 33.6 Å². The third-order valence-electron chi connectivity index (χ3n) is 3.10. The van der Waals surface area contributed by atoms with Gasteiger partial charge >= 0.3 is 0 Å². The Balaban J connectivity index is 2.26. The second-order valence-corrected chi connectivity index (χ2v) is 5.69. The lowest BCUT2D eigenvalue weighted by atomic mass is 9.87. The van der Waals surface area contributed by atoms with Gasteiger partial charge in [-0.2, -0.15) is 4.99 Å². The molecular formula is C14H17N3O2. The number of hydrogen-bond acceptors (Lipinski definition) is 4. The maximum atomic E-state index is 11.8. The smallest absolute Gasteiger partial charge is 0.237 e. The molecule has 0 aromatic heterocycles. The van der Waals surface area contributed by atoms with Crippen LogP contribution in [0.1, 0.15) is 33.6 Å². The Morgan fingerprint density at radius 3 is 2.74 bits per heavy atom. The normalized spacial score (nSPS) is 23.6. The van der Waals surface area contributed by atoms with Crippen molar-refractivity contribution >= 4 is 23.5 Å². The van der Waals surface area contributed by atoms with Gasteiger partial charge in [0.2, 0.25) is 11.8 Å². The molecule has 0 radical (unpaired) electrons. The van der Waals surface area contributed by atoms with Crippen LogP contribution in [0, 0.1) is 11.3 Å². The minimum atomic E-state index is -0.464. The Bertz CT molecular complexity index is 544. The highest BCUT2D eigenvalue weighted by Gasteiger charge is 2.31. The van der Waals surface area contributed by atoms with Crippen LogP contribution in [-0.2, 0) is 9.59 Å². The molecule has 0 aliphatic carbocycles. The van der Waals surface area contributed by atoms with Gasteiger partial charge in [0.05, 0.1) is 5.92 Å². The van der Waals surface area contributed by atoms with Crippen LogP contribution in [0.4, 0.5) is 0 Å². The molecule has 1 saturated heterocycles. The topological polar surface area (TPSA) is 70.9 Å². The van der Waals surface area contributed by atoms with Crippen LogP contribution in [-0.4, -0.2) is 23.5 Å². The lowest BCUT2D eigenvalue weighted by Gasteiger charge is -2.19. The van der Waals surface area contributed by atoms with Crippen LogP contribution >= 0.6 is 0 Å². The van der Waals surface area contributed by atoms with E-state index < -0.39 is 5.92 Å². The zero-order chi connectivity index (χ0) is 14.0. The number of carbonyl (C=O) groups is 2. The highest BCUT2D eigenvalue weighted by atomic mass is 16.2. The highest BCUT2D eigenvalue weighted by molar-refractivity contribution is 6.12. The number of aliphatic imine (C=N–C) groups is 2. The maximum Gasteiger partial charge on any atom is 0.237 e. The molecule has 19 heavy (non-hydrogen) atoms. The minimum Gasteiger partial charge on any atom is -0.296 e. The van der Waals surface area contributed by atoms with Gasteiger partial charge < -0.3 is 0 Å². The Labute approximate surface area is 112 Å². The molecule has 0 aromatic rings. The fourth-order valence-corrected chi connectivity index (χ4v) is 1.90. The summed E-state index contributed by atoms with van der Waals surface area (Å²) in [5.74, 6) is 2.35. The zero-order valence-corrected chi connectivity index (χ0v) is 11.4. The van der Waals surface area contributed by atoms with Gasteiger partial charge in [-0.25, -0.2) is 4.99 Å². The average Bonchev–Trinajstić information content (AvgIpc) is 2.54. The number of imide groups is 1. The van der Waals surface area contributed by atoms with Crippen molar-refractivity contribution < 1.29 is 9.59 Å². The number of amidine groups is 1. The number of piperidine rings is 1. The molecule has 1 N–H and O–H groups in total. The highest BCUT2D eigenvalue weighted by Crippen LogP contribution is 2.25. The quantitative estimate of drug-likeness (QED) is 0.727. The van der Waals surface area contributed by atoms with E-state index in [2.05, 4.69) is 41.9 Å². The largest absolute Gasteiger partial charge is 0.296 e. The second kappa shape index (κ2) is 4.94. The molecular weight excluding hydrogens is 242 g/mol. The molecule has 1 atom stereocenters. The molecule has 2 amide bonds. The van der Waals surface area contributed by atoms with Crippen molar-refractivity contribution in [3.05, 3.63) is 17.8 Å². The summed E-state index contributed by atoms with van der Waals surface area (Å²) in [6.45, 7) is 6.19. The van der Waals surface area contributed by atoms with Crippen LogP contribution in [0.3, 0.4) is 0 Å². The van der Waals surface area contributed by atoms with Gasteiger partial charge in [-0.1, -0.05) is 20.8 Å². The fraction of sp³-hybridized carbons (Fsp3) is 0.500. The molecule has 2 heterocycles. The average molecular weight is 259 g/mol. The lowest BCUT2D eigenvalue weighted by Crippen LogP contribution is -2.43. The monoisotopic (exact) mass is 259 g/mol. The third-order valence-corrected chi connectivity index (χ3v) is 3.10.